The van der Waals surface area contributed by atoms with Crippen molar-refractivity contribution in [2.24, 2.45) is 0 Å². The second-order valence-electron chi connectivity index (χ2n) is 7.33. The van der Waals surface area contributed by atoms with Crippen LogP contribution in [0.3, 0.4) is 0 Å². The molecule has 1 fully saturated rings. The van der Waals surface area contributed by atoms with Crippen LogP contribution >= 0.6 is 23.2 Å². The molecule has 1 atom stereocenters. The lowest BCUT2D eigenvalue weighted by molar-refractivity contribution is -0.921. The minimum absolute atomic E-state index is 0.0193. The molecule has 0 spiro atoms. The molecule has 1 aliphatic rings. The number of halogens is 2. The standard InChI is InChI=1S/C21H25Cl2N3O2/c1-25(14-17-4-5-18(22)12-20(17)23)15-21(27)24-19-6-2-16(3-7-19)13-26-8-10-28-11-9-26/h2-7,12H,8-11,13-15H2,1H3,(H,24,27)/p+2. The van der Waals surface area contributed by atoms with Crippen molar-refractivity contribution in [2.45, 2.75) is 13.1 Å². The molecule has 2 aromatic rings. The minimum Gasteiger partial charge on any atom is -0.370 e. The van der Waals surface area contributed by atoms with Crippen molar-refractivity contribution in [3.63, 3.8) is 0 Å². The summed E-state index contributed by atoms with van der Waals surface area (Å²) in [5.74, 6) is -0.0193. The smallest absolute Gasteiger partial charge is 0.279 e. The first kappa shape index (κ1) is 21.1. The Kier molecular flexibility index (Phi) is 7.71. The molecule has 1 aliphatic heterocycles. The Hall–Kier alpha value is -1.63. The van der Waals surface area contributed by atoms with Gasteiger partial charge in [0.1, 0.15) is 26.2 Å². The van der Waals surface area contributed by atoms with Gasteiger partial charge in [0.15, 0.2) is 6.54 Å². The Bertz CT molecular complexity index is 793. The number of carbonyl (C=O) groups excluding carboxylic acids is 1. The molecule has 0 bridgehead atoms. The van der Waals surface area contributed by atoms with Crippen molar-refractivity contribution < 1.29 is 19.3 Å². The lowest BCUT2D eigenvalue weighted by Gasteiger charge is -2.23. The molecule has 150 valence electrons. The quantitative estimate of drug-likeness (QED) is 0.623. The van der Waals surface area contributed by atoms with Crippen LogP contribution in [-0.2, 0) is 22.6 Å². The van der Waals surface area contributed by atoms with Gasteiger partial charge in [0, 0.05) is 21.8 Å². The van der Waals surface area contributed by atoms with Gasteiger partial charge in [-0.05, 0) is 24.3 Å². The highest BCUT2D eigenvalue weighted by atomic mass is 35.5. The number of amides is 1. The monoisotopic (exact) mass is 423 g/mol. The fraction of sp³-hybridized carbons (Fsp3) is 0.381. The number of quaternary nitrogens is 2. The van der Waals surface area contributed by atoms with E-state index in [0.29, 0.717) is 23.1 Å². The molecule has 1 heterocycles. The summed E-state index contributed by atoms with van der Waals surface area (Å²) < 4.78 is 5.40. The lowest BCUT2D eigenvalue weighted by Crippen LogP contribution is -3.12. The van der Waals surface area contributed by atoms with Crippen molar-refractivity contribution in [1.82, 2.24) is 0 Å². The van der Waals surface area contributed by atoms with Gasteiger partial charge < -0.3 is 19.9 Å². The van der Waals surface area contributed by atoms with E-state index in [2.05, 4.69) is 17.4 Å². The second kappa shape index (κ2) is 10.2. The first-order valence-electron chi connectivity index (χ1n) is 9.55. The molecule has 1 unspecified atom stereocenters. The highest BCUT2D eigenvalue weighted by molar-refractivity contribution is 6.35. The van der Waals surface area contributed by atoms with Crippen molar-refractivity contribution in [2.75, 3.05) is 45.2 Å². The van der Waals surface area contributed by atoms with Crippen LogP contribution in [0.2, 0.25) is 10.0 Å². The topological polar surface area (TPSA) is 47.2 Å². The molecule has 0 saturated carbocycles. The molecule has 2 aromatic carbocycles. The molecule has 0 aliphatic carbocycles. The Morgan fingerprint density at radius 3 is 2.54 bits per heavy atom. The third kappa shape index (κ3) is 6.47. The fourth-order valence-electron chi connectivity index (χ4n) is 3.36. The van der Waals surface area contributed by atoms with Gasteiger partial charge in [-0.25, -0.2) is 0 Å². The van der Waals surface area contributed by atoms with Gasteiger partial charge in [-0.3, -0.25) is 4.79 Å². The Labute approximate surface area is 176 Å². The zero-order valence-electron chi connectivity index (χ0n) is 16.1. The predicted octanol–water partition coefficient (Wildman–Crippen LogP) is 1.06. The maximum Gasteiger partial charge on any atom is 0.279 e. The summed E-state index contributed by atoms with van der Waals surface area (Å²) in [6, 6.07) is 13.6. The highest BCUT2D eigenvalue weighted by Gasteiger charge is 2.15. The van der Waals surface area contributed by atoms with Crippen LogP contribution in [0.25, 0.3) is 0 Å². The number of anilines is 1. The maximum atomic E-state index is 12.3. The summed E-state index contributed by atoms with van der Waals surface area (Å²) in [4.78, 5) is 14.9. The van der Waals surface area contributed by atoms with Crippen molar-refractivity contribution in [1.29, 1.82) is 0 Å². The zero-order chi connectivity index (χ0) is 19.9. The van der Waals surface area contributed by atoms with E-state index in [4.69, 9.17) is 27.9 Å². The van der Waals surface area contributed by atoms with E-state index >= 15 is 0 Å². The predicted molar refractivity (Wildman–Crippen MR) is 112 cm³/mol. The lowest BCUT2D eigenvalue weighted by atomic mass is 10.2. The minimum atomic E-state index is -0.0193. The third-order valence-corrected chi connectivity index (χ3v) is 5.45. The normalized spacial score (nSPS) is 16.0. The van der Waals surface area contributed by atoms with Gasteiger partial charge in [-0.15, -0.1) is 0 Å². The van der Waals surface area contributed by atoms with Crippen LogP contribution < -0.4 is 15.1 Å². The van der Waals surface area contributed by atoms with E-state index in [1.54, 1.807) is 6.07 Å². The maximum absolute atomic E-state index is 12.3. The number of hydrogen-bond acceptors (Lipinski definition) is 2. The number of benzene rings is 2. The van der Waals surface area contributed by atoms with Crippen molar-refractivity contribution in [3.05, 3.63) is 63.6 Å². The molecule has 3 rings (SSSR count). The van der Waals surface area contributed by atoms with E-state index in [0.717, 1.165) is 49.0 Å². The van der Waals surface area contributed by atoms with Crippen molar-refractivity contribution >= 4 is 34.8 Å². The van der Waals surface area contributed by atoms with Gasteiger partial charge in [0.2, 0.25) is 0 Å². The first-order chi connectivity index (χ1) is 13.5. The second-order valence-corrected chi connectivity index (χ2v) is 8.17. The zero-order valence-corrected chi connectivity index (χ0v) is 17.6. The number of rotatable bonds is 7. The van der Waals surface area contributed by atoms with E-state index in [1.165, 1.54) is 10.5 Å². The molecule has 0 aromatic heterocycles. The molecular weight excluding hydrogens is 397 g/mol. The van der Waals surface area contributed by atoms with E-state index in [-0.39, 0.29) is 5.91 Å². The third-order valence-electron chi connectivity index (χ3n) is 4.86. The average Bonchev–Trinajstić information content (AvgIpc) is 2.66. The average molecular weight is 424 g/mol. The van der Waals surface area contributed by atoms with Crippen LogP contribution in [0.1, 0.15) is 11.1 Å². The molecule has 7 heteroatoms. The summed E-state index contributed by atoms with van der Waals surface area (Å²) in [7, 11) is 1.97. The molecule has 5 nitrogen and oxygen atoms in total. The summed E-state index contributed by atoms with van der Waals surface area (Å²) in [5, 5.41) is 4.22. The molecule has 1 saturated heterocycles. The number of morpholine rings is 1. The van der Waals surface area contributed by atoms with Crippen LogP contribution in [0.4, 0.5) is 5.69 Å². The van der Waals surface area contributed by atoms with Crippen LogP contribution in [0, 0.1) is 0 Å². The summed E-state index contributed by atoms with van der Waals surface area (Å²) in [5.41, 5.74) is 3.07. The van der Waals surface area contributed by atoms with Gasteiger partial charge in [-0.2, -0.15) is 0 Å². The fourth-order valence-corrected chi connectivity index (χ4v) is 3.84. The van der Waals surface area contributed by atoms with Crippen LogP contribution in [0.5, 0.6) is 0 Å². The largest absolute Gasteiger partial charge is 0.370 e. The molecule has 0 radical (unpaired) electrons. The van der Waals surface area contributed by atoms with Crippen LogP contribution in [-0.4, -0.2) is 45.8 Å². The number of likely N-dealkylation sites (N-methyl/N-ethyl adjacent to an activating group) is 1. The summed E-state index contributed by atoms with van der Waals surface area (Å²) >= 11 is 12.1. The SMILES string of the molecule is C[NH+](CC(=O)Nc1ccc(C[NH+]2CCOCC2)cc1)Cc1ccc(Cl)cc1Cl. The Balaban J connectivity index is 1.47. The van der Waals surface area contributed by atoms with Gasteiger partial charge in [0.05, 0.1) is 25.3 Å². The number of ether oxygens (including phenoxy) is 1. The van der Waals surface area contributed by atoms with Crippen LogP contribution in [0.15, 0.2) is 42.5 Å². The Morgan fingerprint density at radius 1 is 1.14 bits per heavy atom. The number of carbonyl (C=O) groups is 1. The highest BCUT2D eigenvalue weighted by Crippen LogP contribution is 2.20. The molecule has 1 amide bonds. The number of hydrogen-bond donors (Lipinski definition) is 3. The molecular formula is C21H27Cl2N3O2+2. The first-order valence-corrected chi connectivity index (χ1v) is 10.3. The van der Waals surface area contributed by atoms with Crippen molar-refractivity contribution in [3.8, 4) is 0 Å². The van der Waals surface area contributed by atoms with E-state index in [9.17, 15) is 4.79 Å². The van der Waals surface area contributed by atoms with Gasteiger partial charge >= 0.3 is 0 Å². The van der Waals surface area contributed by atoms with Gasteiger partial charge in [0.25, 0.3) is 5.91 Å². The van der Waals surface area contributed by atoms with E-state index < -0.39 is 0 Å². The van der Waals surface area contributed by atoms with E-state index in [1.807, 2.05) is 31.3 Å². The summed E-state index contributed by atoms with van der Waals surface area (Å²) in [6.07, 6.45) is 0. The number of nitrogens with one attached hydrogen (secondary N) is 3. The Morgan fingerprint density at radius 2 is 1.86 bits per heavy atom. The van der Waals surface area contributed by atoms with Gasteiger partial charge in [-0.1, -0.05) is 41.4 Å². The summed E-state index contributed by atoms with van der Waals surface area (Å²) in [6.45, 7) is 5.77. The molecule has 28 heavy (non-hydrogen) atoms. The molecule has 3 N–H and O–H groups in total.